The van der Waals surface area contributed by atoms with Gasteiger partial charge in [0.05, 0.1) is 12.2 Å². The van der Waals surface area contributed by atoms with Crippen molar-refractivity contribution in [2.75, 3.05) is 6.54 Å². The Labute approximate surface area is 117 Å². The van der Waals surface area contributed by atoms with Crippen molar-refractivity contribution in [2.45, 2.75) is 39.3 Å². The molecule has 20 heavy (non-hydrogen) atoms. The normalized spacial score (nSPS) is 13.3. The van der Waals surface area contributed by atoms with Gasteiger partial charge in [-0.2, -0.15) is 5.10 Å². The Balaban J connectivity index is 2.17. The Morgan fingerprint density at radius 2 is 2.35 bits per heavy atom. The lowest BCUT2D eigenvalue weighted by molar-refractivity contribution is 0.110. The van der Waals surface area contributed by atoms with Crippen LogP contribution in [0.15, 0.2) is 0 Å². The molecular weight excluding hydrogens is 258 g/mol. The highest BCUT2D eigenvalue weighted by molar-refractivity contribution is 5.76. The minimum absolute atomic E-state index is 0.244. The quantitative estimate of drug-likeness (QED) is 0.514. The van der Waals surface area contributed by atoms with Crippen LogP contribution in [-0.4, -0.2) is 38.7 Å². The number of aromatic nitrogens is 2. The molecule has 0 atom stereocenters. The summed E-state index contributed by atoms with van der Waals surface area (Å²) in [5.41, 5.74) is 2.08. The molecule has 1 aromatic rings. The second-order valence-electron chi connectivity index (χ2n) is 4.64. The molecule has 2 heterocycles. The van der Waals surface area contributed by atoms with E-state index in [1.54, 1.807) is 11.6 Å². The second-order valence-corrected chi connectivity index (χ2v) is 4.64. The third kappa shape index (κ3) is 2.82. The fourth-order valence-corrected chi connectivity index (χ4v) is 2.36. The summed E-state index contributed by atoms with van der Waals surface area (Å²) in [4.78, 5) is 23.6. The number of hydrogen-bond acceptors (Lipinski definition) is 3. The number of nitrogens with zero attached hydrogens (tertiary/aromatic N) is 3. The molecule has 0 saturated heterocycles. The molecule has 106 valence electrons. The largest absolute Gasteiger partial charge is 0.465 e. The monoisotopic (exact) mass is 275 g/mol. The lowest BCUT2D eigenvalue weighted by Gasteiger charge is -2.23. The van der Waals surface area contributed by atoms with Crippen molar-refractivity contribution in [3.63, 3.8) is 0 Å². The number of carbonyl (C=O) groups is 2. The Kier molecular flexibility index (Phi) is 4.41. The first kappa shape index (κ1) is 14.1. The first-order valence-corrected chi connectivity index (χ1v) is 6.58. The van der Waals surface area contributed by atoms with E-state index in [4.69, 9.17) is 5.11 Å². The number of amides is 1. The van der Waals surface area contributed by atoms with E-state index in [0.717, 1.165) is 30.4 Å². The maximum absolute atomic E-state index is 11.3. The molecule has 1 aliphatic heterocycles. The summed E-state index contributed by atoms with van der Waals surface area (Å²) in [5.74, 6) is 5.80. The zero-order valence-corrected chi connectivity index (χ0v) is 11.4. The van der Waals surface area contributed by atoms with Crippen LogP contribution in [0.2, 0.25) is 0 Å². The topological polar surface area (TPSA) is 75.4 Å². The first-order valence-electron chi connectivity index (χ1n) is 6.58. The van der Waals surface area contributed by atoms with Crippen LogP contribution in [0.1, 0.15) is 41.5 Å². The van der Waals surface area contributed by atoms with Crippen molar-refractivity contribution in [3.05, 3.63) is 17.0 Å². The lowest BCUT2D eigenvalue weighted by Crippen LogP contribution is -2.34. The van der Waals surface area contributed by atoms with E-state index in [-0.39, 0.29) is 6.54 Å². The van der Waals surface area contributed by atoms with Gasteiger partial charge in [0.15, 0.2) is 6.29 Å². The molecule has 0 saturated carbocycles. The van der Waals surface area contributed by atoms with E-state index in [0.29, 0.717) is 25.2 Å². The molecule has 0 radical (unpaired) electrons. The molecule has 6 nitrogen and oxygen atoms in total. The molecule has 0 spiro atoms. The van der Waals surface area contributed by atoms with E-state index in [9.17, 15) is 9.59 Å². The van der Waals surface area contributed by atoms with Crippen LogP contribution >= 0.6 is 0 Å². The number of aldehydes is 1. The number of fused-ring (bicyclic) bond motifs is 1. The zero-order valence-electron chi connectivity index (χ0n) is 11.4. The molecule has 0 aliphatic carbocycles. The van der Waals surface area contributed by atoms with Crippen molar-refractivity contribution in [1.29, 1.82) is 0 Å². The molecule has 6 heteroatoms. The Morgan fingerprint density at radius 3 is 3.00 bits per heavy atom. The molecule has 0 aromatic carbocycles. The summed E-state index contributed by atoms with van der Waals surface area (Å²) in [5, 5.41) is 13.5. The summed E-state index contributed by atoms with van der Waals surface area (Å²) < 4.78 is 1.68. The van der Waals surface area contributed by atoms with Gasteiger partial charge in [0, 0.05) is 31.5 Å². The van der Waals surface area contributed by atoms with Crippen molar-refractivity contribution >= 4 is 12.4 Å². The summed E-state index contributed by atoms with van der Waals surface area (Å²) in [6, 6.07) is 0. The van der Waals surface area contributed by atoms with Gasteiger partial charge in [0.1, 0.15) is 5.69 Å². The van der Waals surface area contributed by atoms with Gasteiger partial charge >= 0.3 is 6.09 Å². The van der Waals surface area contributed by atoms with Crippen LogP contribution < -0.4 is 0 Å². The predicted octanol–water partition coefficient (Wildman–Crippen LogP) is 1.54. The van der Waals surface area contributed by atoms with Crippen molar-refractivity contribution in [2.24, 2.45) is 0 Å². The van der Waals surface area contributed by atoms with E-state index >= 15 is 0 Å². The summed E-state index contributed by atoms with van der Waals surface area (Å²) in [6.07, 6.45) is 1.96. The Morgan fingerprint density at radius 1 is 1.55 bits per heavy atom. The maximum Gasteiger partial charge on any atom is 0.407 e. The highest BCUT2D eigenvalue weighted by Crippen LogP contribution is 2.21. The summed E-state index contributed by atoms with van der Waals surface area (Å²) in [6.45, 7) is 3.10. The number of aryl methyl sites for hydroxylation is 1. The average Bonchev–Trinajstić information content (AvgIpc) is 2.79. The minimum Gasteiger partial charge on any atom is -0.465 e. The summed E-state index contributed by atoms with van der Waals surface area (Å²) in [7, 11) is 0. The molecule has 1 aliphatic rings. The number of carboxylic acid groups (broad SMARTS) is 1. The van der Waals surface area contributed by atoms with Crippen LogP contribution in [0, 0.1) is 11.8 Å². The standard InChI is InChI=1S/C14H17N3O3/c1-2-3-4-5-7-17-13(10-18)11-9-16(14(19)20)8-6-12(11)15-17/h10H,4-9H2,1H3,(H,19,20). The second kappa shape index (κ2) is 6.24. The third-order valence-corrected chi connectivity index (χ3v) is 3.38. The molecule has 1 amide bonds. The van der Waals surface area contributed by atoms with Crippen LogP contribution in [-0.2, 0) is 19.5 Å². The van der Waals surface area contributed by atoms with Gasteiger partial charge < -0.3 is 10.0 Å². The van der Waals surface area contributed by atoms with Gasteiger partial charge in [-0.3, -0.25) is 9.48 Å². The molecular formula is C14H17N3O3. The van der Waals surface area contributed by atoms with Crippen LogP contribution in [0.3, 0.4) is 0 Å². The van der Waals surface area contributed by atoms with Gasteiger partial charge in [-0.1, -0.05) is 0 Å². The fourth-order valence-electron chi connectivity index (χ4n) is 2.36. The van der Waals surface area contributed by atoms with Crippen molar-refractivity contribution < 1.29 is 14.7 Å². The van der Waals surface area contributed by atoms with E-state index in [1.807, 2.05) is 0 Å². The fraction of sp³-hybridized carbons (Fsp3) is 0.500. The van der Waals surface area contributed by atoms with Crippen molar-refractivity contribution in [3.8, 4) is 11.8 Å². The minimum atomic E-state index is -0.960. The maximum atomic E-state index is 11.3. The lowest BCUT2D eigenvalue weighted by atomic mass is 10.1. The molecule has 0 unspecified atom stereocenters. The van der Waals surface area contributed by atoms with Gasteiger partial charge in [0.2, 0.25) is 0 Å². The molecule has 1 N–H and O–H groups in total. The van der Waals surface area contributed by atoms with Gasteiger partial charge in [0.25, 0.3) is 0 Å². The van der Waals surface area contributed by atoms with Crippen molar-refractivity contribution in [1.82, 2.24) is 14.7 Å². The zero-order chi connectivity index (χ0) is 14.5. The van der Waals surface area contributed by atoms with Crippen LogP contribution in [0.4, 0.5) is 4.79 Å². The van der Waals surface area contributed by atoms with Gasteiger partial charge in [-0.25, -0.2) is 4.79 Å². The van der Waals surface area contributed by atoms with Gasteiger partial charge in [-0.05, 0) is 13.3 Å². The predicted molar refractivity (Wildman–Crippen MR) is 72.4 cm³/mol. The van der Waals surface area contributed by atoms with Crippen LogP contribution in [0.5, 0.6) is 0 Å². The first-order chi connectivity index (χ1) is 9.67. The SMILES string of the molecule is CC#CCCCn1nc2c(c1C=O)CN(C(=O)O)CC2. The highest BCUT2D eigenvalue weighted by Gasteiger charge is 2.26. The van der Waals surface area contributed by atoms with Crippen LogP contribution in [0.25, 0.3) is 0 Å². The number of hydrogen-bond donors (Lipinski definition) is 1. The Hall–Kier alpha value is -2.29. The number of carbonyl (C=O) groups excluding carboxylic acids is 1. The highest BCUT2D eigenvalue weighted by atomic mass is 16.4. The Bertz CT molecular complexity index is 580. The van der Waals surface area contributed by atoms with E-state index in [2.05, 4.69) is 16.9 Å². The van der Waals surface area contributed by atoms with Gasteiger partial charge in [-0.15, -0.1) is 11.8 Å². The smallest absolute Gasteiger partial charge is 0.407 e. The van der Waals surface area contributed by atoms with E-state index < -0.39 is 6.09 Å². The van der Waals surface area contributed by atoms with E-state index in [1.165, 1.54) is 4.90 Å². The number of rotatable bonds is 4. The number of unbranched alkanes of at least 4 members (excludes halogenated alkanes) is 1. The molecule has 0 bridgehead atoms. The summed E-state index contributed by atoms with van der Waals surface area (Å²) >= 11 is 0. The third-order valence-electron chi connectivity index (χ3n) is 3.38. The molecule has 0 fully saturated rings. The average molecular weight is 275 g/mol. The molecule has 2 rings (SSSR count). The molecule has 1 aromatic heterocycles.